The van der Waals surface area contributed by atoms with Gasteiger partial charge in [-0.1, -0.05) is 13.0 Å². The Hall–Kier alpha value is -2.37. The second-order valence-electron chi connectivity index (χ2n) is 4.40. The van der Waals surface area contributed by atoms with Gasteiger partial charge < -0.3 is 5.32 Å². The quantitative estimate of drug-likeness (QED) is 0.867. The van der Waals surface area contributed by atoms with E-state index >= 15 is 0 Å². The van der Waals surface area contributed by atoms with Gasteiger partial charge in [-0.3, -0.25) is 14.3 Å². The van der Waals surface area contributed by atoms with Gasteiger partial charge in [0.25, 0.3) is 5.56 Å². The van der Waals surface area contributed by atoms with Gasteiger partial charge in [0.2, 0.25) is 0 Å². The van der Waals surface area contributed by atoms with Crippen LogP contribution in [0.5, 0.6) is 0 Å². The van der Waals surface area contributed by atoms with Crippen molar-refractivity contribution in [2.75, 3.05) is 11.9 Å². The summed E-state index contributed by atoms with van der Waals surface area (Å²) in [5.41, 5.74) is 0.439. The molecule has 0 amide bonds. The molecule has 0 spiro atoms. The van der Waals surface area contributed by atoms with E-state index in [1.54, 1.807) is 18.3 Å². The summed E-state index contributed by atoms with van der Waals surface area (Å²) in [5, 5.41) is 3.02. The van der Waals surface area contributed by atoms with Crippen LogP contribution >= 0.6 is 0 Å². The van der Waals surface area contributed by atoms with E-state index in [4.69, 9.17) is 0 Å². The van der Waals surface area contributed by atoms with E-state index in [1.165, 1.54) is 16.7 Å². The van der Waals surface area contributed by atoms with Gasteiger partial charge >= 0.3 is 5.69 Å². The highest BCUT2D eigenvalue weighted by atomic mass is 19.1. The molecule has 2 aromatic rings. The zero-order chi connectivity index (χ0) is 14.5. The highest BCUT2D eigenvalue weighted by Crippen LogP contribution is 2.08. The molecule has 0 unspecified atom stereocenters. The van der Waals surface area contributed by atoms with Gasteiger partial charge in [-0.15, -0.1) is 0 Å². The third-order valence-corrected chi connectivity index (χ3v) is 2.97. The molecule has 0 atom stereocenters. The van der Waals surface area contributed by atoms with Crippen molar-refractivity contribution in [2.45, 2.75) is 19.9 Å². The first kappa shape index (κ1) is 14.0. The summed E-state index contributed by atoms with van der Waals surface area (Å²) >= 11 is 0. The van der Waals surface area contributed by atoms with E-state index in [1.807, 2.05) is 6.92 Å². The summed E-state index contributed by atoms with van der Waals surface area (Å²) in [5.74, 6) is -0.315. The maximum Gasteiger partial charge on any atom is 0.328 e. The van der Waals surface area contributed by atoms with E-state index < -0.39 is 5.69 Å². The molecule has 0 saturated carbocycles. The molecule has 1 aromatic heterocycles. The molecule has 0 aliphatic carbocycles. The molecule has 5 nitrogen and oxygen atoms in total. The fourth-order valence-corrected chi connectivity index (χ4v) is 1.89. The second-order valence-corrected chi connectivity index (χ2v) is 4.40. The van der Waals surface area contributed by atoms with Crippen molar-refractivity contribution in [1.82, 2.24) is 9.55 Å². The molecule has 6 heteroatoms. The fraction of sp³-hybridized carbons (Fsp3) is 0.286. The van der Waals surface area contributed by atoms with E-state index in [9.17, 15) is 14.0 Å². The molecule has 0 aliphatic rings. The number of halogens is 1. The molecule has 0 aliphatic heterocycles. The summed E-state index contributed by atoms with van der Waals surface area (Å²) in [7, 11) is 0. The molecule has 0 fully saturated rings. The maximum absolute atomic E-state index is 13.0. The van der Waals surface area contributed by atoms with Crippen molar-refractivity contribution >= 4 is 5.69 Å². The maximum atomic E-state index is 13.0. The molecule has 20 heavy (non-hydrogen) atoms. The molecule has 2 rings (SSSR count). The van der Waals surface area contributed by atoms with Crippen molar-refractivity contribution in [1.29, 1.82) is 0 Å². The summed E-state index contributed by atoms with van der Waals surface area (Å²) in [6, 6.07) is 6.10. The predicted octanol–water partition coefficient (Wildman–Crippen LogP) is 1.35. The second kappa shape index (κ2) is 6.18. The van der Waals surface area contributed by atoms with Crippen LogP contribution in [-0.2, 0) is 13.0 Å². The molecular weight excluding hydrogens is 261 g/mol. The monoisotopic (exact) mass is 277 g/mol. The number of rotatable bonds is 5. The smallest absolute Gasteiger partial charge is 0.328 e. The lowest BCUT2D eigenvalue weighted by Crippen LogP contribution is -2.33. The van der Waals surface area contributed by atoms with E-state index in [2.05, 4.69) is 10.3 Å². The van der Waals surface area contributed by atoms with Crippen molar-refractivity contribution in [3.8, 4) is 0 Å². The van der Waals surface area contributed by atoms with Gasteiger partial charge in [0.15, 0.2) is 0 Å². The standard InChI is InChI=1S/C14H16FN3O2/c1-2-10-9-18(14(20)17-13(10)19)7-6-16-12-5-3-4-11(15)8-12/h3-5,8-9,16H,2,6-7H2,1H3,(H,17,19,20). The van der Waals surface area contributed by atoms with Gasteiger partial charge in [0.1, 0.15) is 5.82 Å². The number of nitrogens with zero attached hydrogens (tertiary/aromatic N) is 1. The van der Waals surface area contributed by atoms with E-state index in [-0.39, 0.29) is 11.4 Å². The molecule has 0 bridgehead atoms. The van der Waals surface area contributed by atoms with Crippen LogP contribution in [0.1, 0.15) is 12.5 Å². The van der Waals surface area contributed by atoms with Crippen LogP contribution < -0.4 is 16.6 Å². The van der Waals surface area contributed by atoms with Crippen molar-refractivity contribution in [3.63, 3.8) is 0 Å². The summed E-state index contributed by atoms with van der Waals surface area (Å²) in [6.45, 7) is 2.70. The highest BCUT2D eigenvalue weighted by molar-refractivity contribution is 5.42. The lowest BCUT2D eigenvalue weighted by Gasteiger charge is -2.09. The Morgan fingerprint density at radius 3 is 2.85 bits per heavy atom. The zero-order valence-corrected chi connectivity index (χ0v) is 11.1. The average molecular weight is 277 g/mol. The number of benzene rings is 1. The van der Waals surface area contributed by atoms with Crippen LogP contribution in [0.15, 0.2) is 40.1 Å². The van der Waals surface area contributed by atoms with Crippen LogP contribution in [-0.4, -0.2) is 16.1 Å². The van der Waals surface area contributed by atoms with E-state index in [0.29, 0.717) is 30.8 Å². The Labute approximate surface area is 115 Å². The summed E-state index contributed by atoms with van der Waals surface area (Å²) in [4.78, 5) is 25.3. The van der Waals surface area contributed by atoms with Crippen LogP contribution in [0, 0.1) is 5.82 Å². The number of hydrogen-bond acceptors (Lipinski definition) is 3. The minimum Gasteiger partial charge on any atom is -0.383 e. The SMILES string of the molecule is CCc1cn(CCNc2cccc(F)c2)c(=O)[nH]c1=O. The normalized spacial score (nSPS) is 10.5. The molecule has 0 saturated heterocycles. The lowest BCUT2D eigenvalue weighted by molar-refractivity contribution is 0.627. The topological polar surface area (TPSA) is 66.9 Å². The van der Waals surface area contributed by atoms with Gasteiger partial charge in [0, 0.05) is 30.5 Å². The number of nitrogens with one attached hydrogen (secondary N) is 2. The number of anilines is 1. The number of aromatic nitrogens is 2. The zero-order valence-electron chi connectivity index (χ0n) is 11.1. The first-order valence-electron chi connectivity index (χ1n) is 6.42. The third kappa shape index (κ3) is 3.34. The Balaban J connectivity index is 2.04. The van der Waals surface area contributed by atoms with Gasteiger partial charge in [-0.25, -0.2) is 9.18 Å². The Morgan fingerprint density at radius 2 is 2.15 bits per heavy atom. The molecular formula is C14H16FN3O2. The number of hydrogen-bond donors (Lipinski definition) is 2. The Morgan fingerprint density at radius 1 is 1.35 bits per heavy atom. The number of H-pyrrole nitrogens is 1. The number of aryl methyl sites for hydroxylation is 1. The first-order chi connectivity index (χ1) is 9.60. The highest BCUT2D eigenvalue weighted by Gasteiger charge is 2.02. The van der Waals surface area contributed by atoms with Crippen LogP contribution in [0.2, 0.25) is 0 Å². The van der Waals surface area contributed by atoms with Crippen LogP contribution in [0.25, 0.3) is 0 Å². The third-order valence-electron chi connectivity index (χ3n) is 2.97. The minimum absolute atomic E-state index is 0.315. The van der Waals surface area contributed by atoms with Crippen LogP contribution in [0.3, 0.4) is 0 Å². The molecule has 1 heterocycles. The van der Waals surface area contributed by atoms with Gasteiger partial charge in [0.05, 0.1) is 0 Å². The van der Waals surface area contributed by atoms with Gasteiger partial charge in [-0.2, -0.15) is 0 Å². The molecule has 106 valence electrons. The Bertz CT molecular complexity index is 706. The summed E-state index contributed by atoms with van der Waals surface area (Å²) < 4.78 is 14.4. The molecule has 2 N–H and O–H groups in total. The largest absolute Gasteiger partial charge is 0.383 e. The van der Waals surface area contributed by atoms with Gasteiger partial charge in [-0.05, 0) is 24.6 Å². The average Bonchev–Trinajstić information content (AvgIpc) is 2.41. The first-order valence-corrected chi connectivity index (χ1v) is 6.42. The van der Waals surface area contributed by atoms with Crippen molar-refractivity contribution in [2.24, 2.45) is 0 Å². The fourth-order valence-electron chi connectivity index (χ4n) is 1.89. The lowest BCUT2D eigenvalue weighted by atomic mass is 10.2. The van der Waals surface area contributed by atoms with Crippen LogP contribution in [0.4, 0.5) is 10.1 Å². The van der Waals surface area contributed by atoms with Crippen molar-refractivity contribution < 1.29 is 4.39 Å². The molecule has 0 radical (unpaired) electrons. The Kier molecular flexibility index (Phi) is 4.34. The minimum atomic E-state index is -0.437. The number of aromatic amines is 1. The van der Waals surface area contributed by atoms with Crippen molar-refractivity contribution in [3.05, 3.63) is 62.7 Å². The summed E-state index contributed by atoms with van der Waals surface area (Å²) in [6.07, 6.45) is 2.13. The van der Waals surface area contributed by atoms with E-state index in [0.717, 1.165) is 0 Å². The molecule has 1 aromatic carbocycles. The predicted molar refractivity (Wildman–Crippen MR) is 75.6 cm³/mol.